The molecule has 1 saturated heterocycles. The number of likely N-dealkylation sites (tertiary alicyclic amines) is 1. The van der Waals surface area contributed by atoms with E-state index >= 15 is 0 Å². The highest BCUT2D eigenvalue weighted by Crippen LogP contribution is 2.54. The number of thiophene rings is 1. The second-order valence-corrected chi connectivity index (χ2v) is 12.9. The van der Waals surface area contributed by atoms with Gasteiger partial charge in [0.1, 0.15) is 6.04 Å². The number of rotatable bonds is 6. The van der Waals surface area contributed by atoms with Crippen LogP contribution in [0.4, 0.5) is 0 Å². The summed E-state index contributed by atoms with van der Waals surface area (Å²) in [5.41, 5.74) is 2.43. The van der Waals surface area contributed by atoms with E-state index in [1.807, 2.05) is 41.8 Å². The van der Waals surface area contributed by atoms with E-state index in [2.05, 4.69) is 20.8 Å². The van der Waals surface area contributed by atoms with Gasteiger partial charge in [0.2, 0.25) is 12.7 Å². The van der Waals surface area contributed by atoms with E-state index in [0.717, 1.165) is 30.4 Å². The molecule has 8 heteroatoms. The van der Waals surface area contributed by atoms with Crippen LogP contribution in [0.5, 0.6) is 11.5 Å². The van der Waals surface area contributed by atoms with Crippen LogP contribution in [0.2, 0.25) is 0 Å². The Bertz CT molecular complexity index is 1440. The highest BCUT2D eigenvalue weighted by molar-refractivity contribution is 7.12. The van der Waals surface area contributed by atoms with Crippen molar-refractivity contribution in [3.63, 3.8) is 0 Å². The van der Waals surface area contributed by atoms with Crippen LogP contribution in [0.1, 0.15) is 78.4 Å². The maximum absolute atomic E-state index is 14.3. The zero-order valence-corrected chi connectivity index (χ0v) is 23.6. The van der Waals surface area contributed by atoms with Crippen molar-refractivity contribution in [2.24, 2.45) is 11.8 Å². The number of carboxylic acid groups (broad SMARTS) is 1. The Morgan fingerprint density at radius 1 is 0.950 bits per heavy atom. The van der Waals surface area contributed by atoms with Gasteiger partial charge in [0.25, 0.3) is 0 Å². The third-order valence-electron chi connectivity index (χ3n) is 8.60. The molecule has 2 aliphatic heterocycles. The number of hydrogen-bond donors (Lipinski definition) is 1. The summed E-state index contributed by atoms with van der Waals surface area (Å²) in [7, 11) is 0. The average Bonchev–Trinajstić information content (AvgIpc) is 3.65. The molecule has 1 amide bonds. The Hall–Kier alpha value is -3.65. The lowest BCUT2D eigenvalue weighted by Crippen LogP contribution is -2.47. The normalized spacial score (nSPS) is 24.1. The summed E-state index contributed by atoms with van der Waals surface area (Å²) in [6.07, 6.45) is 2.39. The van der Waals surface area contributed by atoms with Gasteiger partial charge in [0.05, 0.1) is 16.8 Å². The average molecular weight is 560 g/mol. The van der Waals surface area contributed by atoms with Crippen molar-refractivity contribution in [2.75, 3.05) is 6.79 Å². The summed E-state index contributed by atoms with van der Waals surface area (Å²) in [4.78, 5) is 43.6. The molecule has 208 valence electrons. The molecular weight excluding hydrogens is 526 g/mol. The predicted octanol–water partition coefficient (Wildman–Crippen LogP) is 6.19. The van der Waals surface area contributed by atoms with Crippen LogP contribution in [0, 0.1) is 11.8 Å². The highest BCUT2D eigenvalue weighted by Gasteiger charge is 2.58. The molecule has 0 spiro atoms. The monoisotopic (exact) mass is 559 g/mol. The topological polar surface area (TPSA) is 93.1 Å². The van der Waals surface area contributed by atoms with Crippen LogP contribution in [-0.2, 0) is 15.0 Å². The third-order valence-corrected chi connectivity index (χ3v) is 9.48. The van der Waals surface area contributed by atoms with E-state index in [-0.39, 0.29) is 29.8 Å². The first-order chi connectivity index (χ1) is 19.1. The summed E-state index contributed by atoms with van der Waals surface area (Å²) in [5, 5.41) is 12.6. The fraction of sp³-hybridized carbons (Fsp3) is 0.406. The Balaban J connectivity index is 1.55. The van der Waals surface area contributed by atoms with Crippen LogP contribution >= 0.6 is 11.3 Å². The molecule has 2 fully saturated rings. The van der Waals surface area contributed by atoms with Gasteiger partial charge in [-0.15, -0.1) is 11.3 Å². The molecule has 0 bridgehead atoms. The lowest BCUT2D eigenvalue weighted by Gasteiger charge is -2.36. The summed E-state index contributed by atoms with van der Waals surface area (Å²) in [5.74, 6) is -2.12. The molecule has 6 rings (SSSR count). The lowest BCUT2D eigenvalue weighted by atomic mass is 9.76. The maximum atomic E-state index is 14.3. The zero-order valence-electron chi connectivity index (χ0n) is 22.8. The molecule has 3 heterocycles. The van der Waals surface area contributed by atoms with E-state index in [1.54, 1.807) is 18.2 Å². The van der Waals surface area contributed by atoms with Crippen LogP contribution in [0.25, 0.3) is 0 Å². The number of ketones is 1. The molecule has 2 aromatic carbocycles. The second kappa shape index (κ2) is 10.1. The van der Waals surface area contributed by atoms with Gasteiger partial charge in [0.15, 0.2) is 17.3 Å². The van der Waals surface area contributed by atoms with E-state index in [1.165, 1.54) is 16.2 Å². The minimum atomic E-state index is -1.20. The number of aliphatic carboxylic acids is 1. The van der Waals surface area contributed by atoms with Crippen molar-refractivity contribution in [1.82, 2.24) is 4.90 Å². The standard InChI is InChI=1S/C32H33NO6S/c1-32(2,3)21-12-9-18(10-13-21)25-26(29(34)24-8-5-15-40-24)27(20-11-14-22-23(16-20)39-17-38-22)33(28(25)31(36)37)30(35)19-6-4-7-19/h5,8-16,19,25-28H,4,6-7,17H2,1-3H3,(H,36,37). The fourth-order valence-electron chi connectivity index (χ4n) is 6.27. The first kappa shape index (κ1) is 26.6. The number of carbonyl (C=O) groups is 3. The van der Waals surface area contributed by atoms with Gasteiger partial charge in [-0.25, -0.2) is 4.79 Å². The lowest BCUT2D eigenvalue weighted by molar-refractivity contribution is -0.153. The predicted molar refractivity (Wildman–Crippen MR) is 151 cm³/mol. The fourth-order valence-corrected chi connectivity index (χ4v) is 6.99. The molecule has 4 unspecified atom stereocenters. The van der Waals surface area contributed by atoms with Gasteiger partial charge in [-0.05, 0) is 58.5 Å². The first-order valence-corrected chi connectivity index (χ1v) is 14.7. The first-order valence-electron chi connectivity index (χ1n) is 13.8. The zero-order chi connectivity index (χ0) is 28.2. The number of nitrogens with zero attached hydrogens (tertiary/aromatic N) is 1. The van der Waals surface area contributed by atoms with Crippen molar-refractivity contribution in [1.29, 1.82) is 0 Å². The number of carbonyl (C=O) groups excluding carboxylic acids is 2. The summed E-state index contributed by atoms with van der Waals surface area (Å²) >= 11 is 1.33. The molecule has 0 radical (unpaired) electrons. The Morgan fingerprint density at radius 3 is 2.25 bits per heavy atom. The molecule has 1 saturated carbocycles. The highest BCUT2D eigenvalue weighted by atomic mass is 32.1. The molecule has 3 aliphatic rings. The van der Waals surface area contributed by atoms with Gasteiger partial charge in [-0.3, -0.25) is 9.59 Å². The molecule has 7 nitrogen and oxygen atoms in total. The quantitative estimate of drug-likeness (QED) is 0.362. The van der Waals surface area contributed by atoms with Crippen LogP contribution in [0.3, 0.4) is 0 Å². The van der Waals surface area contributed by atoms with Crippen molar-refractivity contribution in [3.8, 4) is 11.5 Å². The molecule has 40 heavy (non-hydrogen) atoms. The second-order valence-electron chi connectivity index (χ2n) is 12.0. The van der Waals surface area contributed by atoms with Crippen LogP contribution < -0.4 is 9.47 Å². The molecule has 1 N–H and O–H groups in total. The largest absolute Gasteiger partial charge is 0.480 e. The number of amides is 1. The number of fused-ring (bicyclic) bond motifs is 1. The smallest absolute Gasteiger partial charge is 0.327 e. The molecular formula is C32H33NO6S. The number of Topliss-reactive ketones (excluding diaryl/α,β-unsaturated/α-hetero) is 1. The van der Waals surface area contributed by atoms with Crippen LogP contribution in [-0.4, -0.2) is 40.5 Å². The third kappa shape index (κ3) is 4.48. The number of ether oxygens (including phenoxy) is 2. The molecule has 1 aliphatic carbocycles. The van der Waals surface area contributed by atoms with E-state index in [0.29, 0.717) is 21.9 Å². The maximum Gasteiger partial charge on any atom is 0.327 e. The Kier molecular flexibility index (Phi) is 6.69. The Morgan fingerprint density at radius 2 is 1.65 bits per heavy atom. The minimum absolute atomic E-state index is 0.0894. The van der Waals surface area contributed by atoms with Crippen LogP contribution in [0.15, 0.2) is 60.0 Å². The summed E-state index contributed by atoms with van der Waals surface area (Å²) in [6, 6.07) is 14.9. The van der Waals surface area contributed by atoms with Crippen molar-refractivity contribution in [3.05, 3.63) is 81.5 Å². The van der Waals surface area contributed by atoms with Crippen molar-refractivity contribution in [2.45, 2.75) is 63.5 Å². The molecule has 4 atom stereocenters. The Labute approximate surface area is 237 Å². The summed E-state index contributed by atoms with van der Waals surface area (Å²) in [6.45, 7) is 6.45. The van der Waals surface area contributed by atoms with Gasteiger partial charge in [0, 0.05) is 11.8 Å². The van der Waals surface area contributed by atoms with Crippen molar-refractivity contribution >= 4 is 29.0 Å². The SMILES string of the molecule is CC(C)(C)c1ccc(C2C(C(=O)c3cccs3)C(c3ccc4c(c3)OCO4)N(C(=O)C3CCC3)C2C(=O)O)cc1. The van der Waals surface area contributed by atoms with Gasteiger partial charge in [-0.1, -0.05) is 63.6 Å². The molecule has 3 aromatic rings. The van der Waals surface area contributed by atoms with E-state index < -0.39 is 29.9 Å². The van der Waals surface area contributed by atoms with Gasteiger partial charge < -0.3 is 19.5 Å². The van der Waals surface area contributed by atoms with Gasteiger partial charge in [-0.2, -0.15) is 0 Å². The number of benzene rings is 2. The molecule has 1 aromatic heterocycles. The summed E-state index contributed by atoms with van der Waals surface area (Å²) < 4.78 is 11.2. The van der Waals surface area contributed by atoms with Gasteiger partial charge >= 0.3 is 5.97 Å². The van der Waals surface area contributed by atoms with E-state index in [4.69, 9.17) is 9.47 Å². The number of carboxylic acids is 1. The van der Waals surface area contributed by atoms with Crippen molar-refractivity contribution < 1.29 is 29.0 Å². The number of hydrogen-bond acceptors (Lipinski definition) is 6. The van der Waals surface area contributed by atoms with E-state index in [9.17, 15) is 19.5 Å². The minimum Gasteiger partial charge on any atom is -0.480 e.